The number of aromatic nitrogens is 2. The Hall–Kier alpha value is -1.31. The minimum atomic E-state index is 0.00294. The number of hydrogen-bond acceptors (Lipinski definition) is 1. The van der Waals surface area contributed by atoms with Gasteiger partial charge >= 0.3 is 0 Å². The second-order valence-electron chi connectivity index (χ2n) is 18.7. The summed E-state index contributed by atoms with van der Waals surface area (Å²) in [7, 11) is 0. The molecule has 1 heterocycles. The summed E-state index contributed by atoms with van der Waals surface area (Å²) in [6, 6.07) is 0. The highest BCUT2D eigenvalue weighted by molar-refractivity contribution is 5.28. The summed E-state index contributed by atoms with van der Waals surface area (Å²) in [5.41, 5.74) is 4.03. The van der Waals surface area contributed by atoms with E-state index in [1.807, 2.05) is 0 Å². The Kier molecular flexibility index (Phi) is 8.42. The SMILES string of the molecule is CC(C)(Cc1cnc(C(C)(C)C)n1C(C)(C)C)C1=CCC(CC(C)(C)C2C=CCC2C(C)(C)C)C1C(C)(C)C. The van der Waals surface area contributed by atoms with E-state index >= 15 is 0 Å². The standard InChI is InChI=1S/C37H64N2/c1-32(2,3)27-18-17-19-28(27)36(13,14)22-25-20-21-29(30(25)33(4,5)6)37(15,16)23-26-24-38-31(34(7,8)9)39(26)35(10,11)12/h17,19,21,24-25,27-28,30H,18,20,22-23H2,1-16H3. The van der Waals surface area contributed by atoms with Gasteiger partial charge in [-0.3, -0.25) is 0 Å². The van der Waals surface area contributed by atoms with Crippen LogP contribution in [0.5, 0.6) is 0 Å². The van der Waals surface area contributed by atoms with Crippen molar-refractivity contribution in [1.29, 1.82) is 0 Å². The highest BCUT2D eigenvalue weighted by Gasteiger charge is 2.48. The average molecular weight is 537 g/mol. The second-order valence-corrected chi connectivity index (χ2v) is 18.7. The molecule has 0 N–H and O–H groups in total. The van der Waals surface area contributed by atoms with Gasteiger partial charge in [-0.1, -0.05) is 114 Å². The first-order chi connectivity index (χ1) is 17.4. The van der Waals surface area contributed by atoms with E-state index in [2.05, 4.69) is 140 Å². The van der Waals surface area contributed by atoms with Crippen LogP contribution in [0.3, 0.4) is 0 Å². The molecule has 222 valence electrons. The van der Waals surface area contributed by atoms with Gasteiger partial charge in [0.2, 0.25) is 0 Å². The van der Waals surface area contributed by atoms with Crippen molar-refractivity contribution in [3.8, 4) is 0 Å². The van der Waals surface area contributed by atoms with E-state index in [1.165, 1.54) is 30.8 Å². The molecule has 4 unspecified atom stereocenters. The highest BCUT2D eigenvalue weighted by atomic mass is 15.1. The summed E-state index contributed by atoms with van der Waals surface area (Å²) in [5, 5.41) is 0. The van der Waals surface area contributed by atoms with Crippen LogP contribution in [0.1, 0.15) is 142 Å². The van der Waals surface area contributed by atoms with Crippen LogP contribution in [0, 0.1) is 45.3 Å². The molecule has 1 aromatic rings. The predicted molar refractivity (Wildman–Crippen MR) is 171 cm³/mol. The summed E-state index contributed by atoms with van der Waals surface area (Å²) < 4.78 is 2.54. The van der Waals surface area contributed by atoms with Crippen molar-refractivity contribution in [3.05, 3.63) is 41.5 Å². The molecular formula is C37H64N2. The summed E-state index contributed by atoms with van der Waals surface area (Å²) in [4.78, 5) is 5.00. The molecule has 0 spiro atoms. The zero-order valence-electron chi connectivity index (χ0n) is 28.8. The van der Waals surface area contributed by atoms with Crippen molar-refractivity contribution in [3.63, 3.8) is 0 Å². The first-order valence-electron chi connectivity index (χ1n) is 15.8. The molecule has 3 rings (SSSR count). The average Bonchev–Trinajstić information content (AvgIpc) is 3.43. The minimum Gasteiger partial charge on any atom is -0.326 e. The van der Waals surface area contributed by atoms with E-state index in [-0.39, 0.29) is 21.8 Å². The molecule has 0 saturated heterocycles. The van der Waals surface area contributed by atoms with Gasteiger partial charge in [-0.05, 0) is 91.8 Å². The van der Waals surface area contributed by atoms with E-state index in [0.29, 0.717) is 28.6 Å². The van der Waals surface area contributed by atoms with Gasteiger partial charge in [-0.15, -0.1) is 0 Å². The predicted octanol–water partition coefficient (Wildman–Crippen LogP) is 10.8. The van der Waals surface area contributed by atoms with Crippen molar-refractivity contribution >= 4 is 0 Å². The number of nitrogens with zero attached hydrogens (tertiary/aromatic N) is 2. The smallest absolute Gasteiger partial charge is 0.114 e. The molecule has 0 aliphatic heterocycles. The van der Waals surface area contributed by atoms with Crippen LogP contribution in [0.15, 0.2) is 30.0 Å². The van der Waals surface area contributed by atoms with E-state index in [1.54, 1.807) is 5.57 Å². The van der Waals surface area contributed by atoms with Crippen LogP contribution in [-0.2, 0) is 17.4 Å². The van der Waals surface area contributed by atoms with Gasteiger partial charge in [0.15, 0.2) is 0 Å². The fraction of sp³-hybridized carbons (Fsp3) is 0.811. The lowest BCUT2D eigenvalue weighted by Gasteiger charge is -2.46. The van der Waals surface area contributed by atoms with Crippen molar-refractivity contribution in [2.24, 2.45) is 45.3 Å². The Labute approximate surface area is 243 Å². The summed E-state index contributed by atoms with van der Waals surface area (Å²) in [5.74, 6) is 3.89. The maximum Gasteiger partial charge on any atom is 0.114 e. The Bertz CT molecular complexity index is 1060. The first kappa shape index (κ1) is 32.2. The van der Waals surface area contributed by atoms with Crippen LogP contribution in [0.2, 0.25) is 0 Å². The third-order valence-electron chi connectivity index (χ3n) is 9.93. The molecule has 39 heavy (non-hydrogen) atoms. The fourth-order valence-electron chi connectivity index (χ4n) is 8.37. The van der Waals surface area contributed by atoms with Gasteiger partial charge in [0, 0.05) is 22.8 Å². The molecule has 0 bridgehead atoms. The quantitative estimate of drug-likeness (QED) is 0.331. The van der Waals surface area contributed by atoms with E-state index < -0.39 is 0 Å². The van der Waals surface area contributed by atoms with Crippen molar-refractivity contribution in [1.82, 2.24) is 9.55 Å². The summed E-state index contributed by atoms with van der Waals surface area (Å²) >= 11 is 0. The normalized spacial score (nSPS) is 25.5. The van der Waals surface area contributed by atoms with Crippen LogP contribution in [0.4, 0.5) is 0 Å². The Morgan fingerprint density at radius 2 is 1.38 bits per heavy atom. The zero-order chi connectivity index (χ0) is 30.0. The monoisotopic (exact) mass is 537 g/mol. The van der Waals surface area contributed by atoms with Crippen molar-refractivity contribution in [2.75, 3.05) is 0 Å². The van der Waals surface area contributed by atoms with Gasteiger partial charge < -0.3 is 4.57 Å². The molecule has 4 atom stereocenters. The summed E-state index contributed by atoms with van der Waals surface area (Å²) in [6.07, 6.45) is 14.6. The van der Waals surface area contributed by atoms with Gasteiger partial charge in [-0.25, -0.2) is 4.98 Å². The lowest BCUT2D eigenvalue weighted by Crippen LogP contribution is -2.39. The van der Waals surface area contributed by atoms with Gasteiger partial charge in [0.05, 0.1) is 0 Å². The lowest BCUT2D eigenvalue weighted by molar-refractivity contribution is 0.0646. The van der Waals surface area contributed by atoms with Crippen LogP contribution < -0.4 is 0 Å². The summed E-state index contributed by atoms with van der Waals surface area (Å²) in [6.45, 7) is 38.7. The molecule has 2 aliphatic carbocycles. The largest absolute Gasteiger partial charge is 0.326 e. The maximum absolute atomic E-state index is 5.00. The maximum atomic E-state index is 5.00. The Morgan fingerprint density at radius 1 is 0.795 bits per heavy atom. The van der Waals surface area contributed by atoms with Crippen molar-refractivity contribution in [2.45, 2.75) is 147 Å². The van der Waals surface area contributed by atoms with E-state index in [0.717, 1.165) is 12.3 Å². The first-order valence-corrected chi connectivity index (χ1v) is 15.8. The Morgan fingerprint density at radius 3 is 1.87 bits per heavy atom. The van der Waals surface area contributed by atoms with Crippen LogP contribution in [-0.4, -0.2) is 9.55 Å². The van der Waals surface area contributed by atoms with E-state index in [9.17, 15) is 0 Å². The number of hydrogen-bond donors (Lipinski definition) is 0. The molecule has 2 nitrogen and oxygen atoms in total. The molecule has 2 heteroatoms. The van der Waals surface area contributed by atoms with Crippen molar-refractivity contribution < 1.29 is 0 Å². The molecule has 2 aliphatic rings. The highest BCUT2D eigenvalue weighted by Crippen LogP contribution is 2.57. The Balaban J connectivity index is 1.93. The fourth-order valence-corrected chi connectivity index (χ4v) is 8.37. The topological polar surface area (TPSA) is 17.8 Å². The molecule has 1 aromatic heterocycles. The molecule has 0 radical (unpaired) electrons. The zero-order valence-corrected chi connectivity index (χ0v) is 28.8. The number of allylic oxidation sites excluding steroid dienone is 4. The minimum absolute atomic E-state index is 0.00294. The molecule has 0 amide bonds. The lowest BCUT2D eigenvalue weighted by atomic mass is 9.59. The van der Waals surface area contributed by atoms with Crippen LogP contribution in [0.25, 0.3) is 0 Å². The van der Waals surface area contributed by atoms with Crippen LogP contribution >= 0.6 is 0 Å². The second kappa shape index (κ2) is 10.2. The molecule has 0 aromatic carbocycles. The number of imidazole rings is 1. The van der Waals surface area contributed by atoms with Gasteiger partial charge in [-0.2, -0.15) is 0 Å². The third kappa shape index (κ3) is 6.78. The molecule has 0 saturated carbocycles. The van der Waals surface area contributed by atoms with Gasteiger partial charge in [0.25, 0.3) is 0 Å². The van der Waals surface area contributed by atoms with Gasteiger partial charge in [0.1, 0.15) is 5.82 Å². The molecule has 0 fully saturated rings. The van der Waals surface area contributed by atoms with E-state index in [4.69, 9.17) is 4.98 Å². The number of rotatable bonds is 6. The molecular weight excluding hydrogens is 472 g/mol. The third-order valence-corrected chi connectivity index (χ3v) is 9.93.